The second kappa shape index (κ2) is 11.5. The number of ether oxygens (including phenoxy) is 1. The SMILES string of the molecule is [2H]C(=O)C(CCC)C(CCC)CCCOCc1ccccc1. The van der Waals surface area contributed by atoms with Crippen LogP contribution in [0.1, 0.15) is 59.3 Å². The molecule has 0 saturated carbocycles. The molecule has 0 N–H and O–H groups in total. The van der Waals surface area contributed by atoms with Crippen molar-refractivity contribution in [1.82, 2.24) is 0 Å². The second-order valence-electron chi connectivity index (χ2n) is 5.74. The van der Waals surface area contributed by atoms with Gasteiger partial charge in [0.25, 0.3) is 0 Å². The van der Waals surface area contributed by atoms with Gasteiger partial charge in [-0.1, -0.05) is 63.4 Å². The van der Waals surface area contributed by atoms with Gasteiger partial charge in [-0.05, 0) is 30.7 Å². The van der Waals surface area contributed by atoms with E-state index in [4.69, 9.17) is 6.11 Å². The highest BCUT2D eigenvalue weighted by molar-refractivity contribution is 5.53. The number of carbonyl (C=O) groups is 1. The molecule has 0 heterocycles. The number of rotatable bonds is 12. The Bertz CT molecular complexity index is 405. The van der Waals surface area contributed by atoms with Crippen molar-refractivity contribution in [3.63, 3.8) is 0 Å². The summed E-state index contributed by atoms with van der Waals surface area (Å²) in [6.45, 7) is 5.60. The van der Waals surface area contributed by atoms with Crippen LogP contribution >= 0.6 is 0 Å². The van der Waals surface area contributed by atoms with E-state index in [2.05, 4.69) is 26.0 Å². The summed E-state index contributed by atoms with van der Waals surface area (Å²) >= 11 is 0. The minimum absolute atomic E-state index is 0.0842. The van der Waals surface area contributed by atoms with Crippen LogP contribution in [-0.4, -0.2) is 12.9 Å². The van der Waals surface area contributed by atoms with Crippen LogP contribution in [0.25, 0.3) is 0 Å². The Hall–Kier alpha value is -1.15. The number of hydrogen-bond acceptors (Lipinski definition) is 2. The average Bonchev–Trinajstić information content (AvgIpc) is 2.52. The lowest BCUT2D eigenvalue weighted by molar-refractivity contribution is -0.113. The van der Waals surface area contributed by atoms with Crippen molar-refractivity contribution in [2.75, 3.05) is 6.61 Å². The Morgan fingerprint density at radius 1 is 1.14 bits per heavy atom. The summed E-state index contributed by atoms with van der Waals surface area (Å²) in [5.74, 6) is 0.259. The van der Waals surface area contributed by atoms with Gasteiger partial charge in [-0.25, -0.2) is 0 Å². The predicted octanol–water partition coefficient (Wildman–Crippen LogP) is 5.01. The van der Waals surface area contributed by atoms with Crippen LogP contribution in [0.3, 0.4) is 0 Å². The van der Waals surface area contributed by atoms with Gasteiger partial charge in [0, 0.05) is 12.5 Å². The number of benzene rings is 1. The van der Waals surface area contributed by atoms with E-state index in [1.165, 1.54) is 5.56 Å². The van der Waals surface area contributed by atoms with Crippen molar-refractivity contribution < 1.29 is 10.9 Å². The van der Waals surface area contributed by atoms with Gasteiger partial charge in [-0.3, -0.25) is 0 Å². The first-order chi connectivity index (χ1) is 10.7. The Morgan fingerprint density at radius 2 is 1.86 bits per heavy atom. The Morgan fingerprint density at radius 3 is 2.48 bits per heavy atom. The molecule has 0 radical (unpaired) electrons. The van der Waals surface area contributed by atoms with E-state index in [0.717, 1.165) is 45.1 Å². The van der Waals surface area contributed by atoms with Crippen LogP contribution in [-0.2, 0) is 16.1 Å². The molecule has 0 aliphatic rings. The van der Waals surface area contributed by atoms with E-state index in [9.17, 15) is 4.79 Å². The maximum Gasteiger partial charge on any atom is 0.123 e. The molecule has 0 fully saturated rings. The standard InChI is InChI=1S/C19H30O2/c1-3-9-18(19(15-20)10-4-2)13-8-14-21-16-17-11-6-5-7-12-17/h5-7,11-12,15,18-19H,3-4,8-10,13-14,16H2,1-2H3/i15D. The number of aldehydes is 1. The van der Waals surface area contributed by atoms with Gasteiger partial charge >= 0.3 is 0 Å². The summed E-state index contributed by atoms with van der Waals surface area (Å²) in [5, 5.41) is 0. The van der Waals surface area contributed by atoms with Gasteiger partial charge in [-0.15, -0.1) is 0 Å². The third-order valence-corrected chi connectivity index (χ3v) is 3.95. The lowest BCUT2D eigenvalue weighted by Crippen LogP contribution is -2.17. The molecule has 0 aliphatic heterocycles. The molecule has 2 heteroatoms. The van der Waals surface area contributed by atoms with E-state index in [1.54, 1.807) is 0 Å². The van der Waals surface area contributed by atoms with Gasteiger partial charge in [0.05, 0.1) is 6.61 Å². The third-order valence-electron chi connectivity index (χ3n) is 3.95. The molecular formula is C19H30O2. The topological polar surface area (TPSA) is 26.3 Å². The summed E-state index contributed by atoms with van der Waals surface area (Å²) in [7, 11) is 0. The molecule has 21 heavy (non-hydrogen) atoms. The van der Waals surface area contributed by atoms with E-state index in [0.29, 0.717) is 12.5 Å². The highest BCUT2D eigenvalue weighted by Crippen LogP contribution is 2.25. The highest BCUT2D eigenvalue weighted by atomic mass is 16.5. The molecular weight excluding hydrogens is 260 g/mol. The lowest BCUT2D eigenvalue weighted by Gasteiger charge is -2.22. The van der Waals surface area contributed by atoms with Gasteiger partial charge in [0.15, 0.2) is 0 Å². The molecule has 118 valence electrons. The molecule has 1 aromatic carbocycles. The van der Waals surface area contributed by atoms with Crippen LogP contribution in [0, 0.1) is 11.8 Å². The predicted molar refractivity (Wildman–Crippen MR) is 88.2 cm³/mol. The van der Waals surface area contributed by atoms with Gasteiger partial charge < -0.3 is 9.53 Å². The van der Waals surface area contributed by atoms with Crippen molar-refractivity contribution in [3.05, 3.63) is 35.9 Å². The number of hydrogen-bond donors (Lipinski definition) is 0. The molecule has 2 nitrogen and oxygen atoms in total. The fourth-order valence-electron chi connectivity index (χ4n) is 2.83. The molecule has 0 amide bonds. The molecule has 0 aromatic heterocycles. The van der Waals surface area contributed by atoms with Crippen molar-refractivity contribution >= 4 is 6.26 Å². The summed E-state index contributed by atoms with van der Waals surface area (Å²) < 4.78 is 13.2. The van der Waals surface area contributed by atoms with E-state index in [1.807, 2.05) is 18.2 Å². The summed E-state index contributed by atoms with van der Waals surface area (Å²) in [6.07, 6.45) is 5.49. The molecule has 0 saturated heterocycles. The first-order valence-electron chi connectivity index (χ1n) is 8.81. The average molecular weight is 291 g/mol. The maximum absolute atomic E-state index is 11.6. The van der Waals surface area contributed by atoms with E-state index < -0.39 is 0 Å². The zero-order valence-corrected chi connectivity index (χ0v) is 13.5. The largest absolute Gasteiger partial charge is 0.377 e. The van der Waals surface area contributed by atoms with Crippen LogP contribution in [0.2, 0.25) is 0 Å². The van der Waals surface area contributed by atoms with Gasteiger partial charge in [0.2, 0.25) is 0 Å². The van der Waals surface area contributed by atoms with Crippen LogP contribution in [0.4, 0.5) is 0 Å². The summed E-state index contributed by atoms with van der Waals surface area (Å²) in [6, 6.07) is 10.2. The van der Waals surface area contributed by atoms with Gasteiger partial charge in [-0.2, -0.15) is 0 Å². The Kier molecular flexibility index (Phi) is 8.89. The van der Waals surface area contributed by atoms with Crippen molar-refractivity contribution in [1.29, 1.82) is 0 Å². The zero-order chi connectivity index (χ0) is 16.2. The fraction of sp³-hybridized carbons (Fsp3) is 0.632. The first-order valence-corrected chi connectivity index (χ1v) is 8.31. The molecule has 1 rings (SSSR count). The zero-order valence-electron chi connectivity index (χ0n) is 14.5. The van der Waals surface area contributed by atoms with Crippen molar-refractivity contribution in [2.24, 2.45) is 11.8 Å². The van der Waals surface area contributed by atoms with Crippen LogP contribution < -0.4 is 0 Å². The van der Waals surface area contributed by atoms with Crippen LogP contribution in [0.5, 0.6) is 0 Å². The monoisotopic (exact) mass is 291 g/mol. The van der Waals surface area contributed by atoms with Crippen LogP contribution in [0.15, 0.2) is 30.3 Å². The third kappa shape index (κ3) is 7.42. The molecule has 0 spiro atoms. The quantitative estimate of drug-likeness (QED) is 0.399. The minimum atomic E-state index is -0.384. The second-order valence-corrected chi connectivity index (χ2v) is 5.74. The first kappa shape index (κ1) is 16.2. The number of carbonyl (C=O) groups excluding carboxylic acids is 1. The van der Waals surface area contributed by atoms with Crippen molar-refractivity contribution in [3.8, 4) is 0 Å². The molecule has 0 bridgehead atoms. The fourth-order valence-corrected chi connectivity index (χ4v) is 2.83. The molecule has 0 aliphatic carbocycles. The molecule has 2 unspecified atom stereocenters. The summed E-state index contributed by atoms with van der Waals surface area (Å²) in [4.78, 5) is 11.6. The maximum atomic E-state index is 11.6. The molecule has 1 aromatic rings. The van der Waals surface area contributed by atoms with Gasteiger partial charge in [0.1, 0.15) is 7.63 Å². The Labute approximate surface area is 131 Å². The minimum Gasteiger partial charge on any atom is -0.377 e. The Balaban J connectivity index is 2.32. The van der Waals surface area contributed by atoms with E-state index >= 15 is 0 Å². The summed E-state index contributed by atoms with van der Waals surface area (Å²) in [5.41, 5.74) is 1.19. The van der Waals surface area contributed by atoms with Crippen molar-refractivity contribution in [2.45, 2.75) is 59.0 Å². The normalized spacial score (nSPS) is 14.5. The molecule has 2 atom stereocenters. The lowest BCUT2D eigenvalue weighted by atomic mass is 9.83. The smallest absolute Gasteiger partial charge is 0.123 e. The highest BCUT2D eigenvalue weighted by Gasteiger charge is 2.19. The van der Waals surface area contributed by atoms with E-state index in [-0.39, 0.29) is 12.2 Å².